The molecule has 3 rings (SSSR count). The molecule has 0 saturated carbocycles. The number of ether oxygens (including phenoxy) is 1. The number of carbonyl (C=O) groups excluding carboxylic acids is 2. The largest absolute Gasteiger partial charge is 0.453 e. The first kappa shape index (κ1) is 17.9. The molecule has 0 aliphatic heterocycles. The molecule has 2 aromatic carbocycles. The zero-order valence-electron chi connectivity index (χ0n) is 13.2. The third kappa shape index (κ3) is 3.83. The maximum Gasteiger partial charge on any atom is 0.348 e. The average Bonchev–Trinajstić information content (AvgIpc) is 3.11. The Morgan fingerprint density at radius 2 is 1.69 bits per heavy atom. The van der Waals surface area contributed by atoms with E-state index in [4.69, 9.17) is 4.74 Å². The molecule has 1 aromatic heterocycles. The van der Waals surface area contributed by atoms with Crippen molar-refractivity contribution in [3.8, 4) is 10.4 Å². The highest BCUT2D eigenvalue weighted by Gasteiger charge is 2.18. The Labute approximate surface area is 150 Å². The van der Waals surface area contributed by atoms with Crippen LogP contribution in [0.3, 0.4) is 0 Å². The highest BCUT2D eigenvalue weighted by atomic mass is 32.1. The molecule has 0 saturated heterocycles. The number of benzene rings is 2. The second kappa shape index (κ2) is 7.53. The Morgan fingerprint density at radius 1 is 0.923 bits per heavy atom. The fourth-order valence-corrected chi connectivity index (χ4v) is 3.17. The Balaban J connectivity index is 1.68. The number of Topliss-reactive ketones (excluding diaryl/α,β-unsaturated/α-hetero) is 1. The molecule has 7 heteroatoms. The van der Waals surface area contributed by atoms with E-state index >= 15 is 0 Å². The smallest absolute Gasteiger partial charge is 0.348 e. The summed E-state index contributed by atoms with van der Waals surface area (Å²) in [5.74, 6) is -3.76. The predicted molar refractivity (Wildman–Crippen MR) is 90.7 cm³/mol. The van der Waals surface area contributed by atoms with E-state index in [2.05, 4.69) is 0 Å². The van der Waals surface area contributed by atoms with E-state index in [1.165, 1.54) is 12.1 Å². The molecule has 26 heavy (non-hydrogen) atoms. The van der Waals surface area contributed by atoms with Crippen LogP contribution in [-0.2, 0) is 4.74 Å². The average molecular weight is 376 g/mol. The summed E-state index contributed by atoms with van der Waals surface area (Å²) in [4.78, 5) is 24.6. The van der Waals surface area contributed by atoms with Crippen molar-refractivity contribution in [3.63, 3.8) is 0 Å². The molecule has 0 radical (unpaired) electrons. The van der Waals surface area contributed by atoms with E-state index in [0.717, 1.165) is 29.5 Å². The van der Waals surface area contributed by atoms with Gasteiger partial charge in [-0.1, -0.05) is 18.2 Å². The predicted octanol–water partition coefficient (Wildman–Crippen LogP) is 4.87. The Hall–Kier alpha value is -2.93. The summed E-state index contributed by atoms with van der Waals surface area (Å²) in [6.45, 7) is -0.730. The summed E-state index contributed by atoms with van der Waals surface area (Å²) in [6, 6.07) is 11.6. The first-order valence-electron chi connectivity index (χ1n) is 7.46. The van der Waals surface area contributed by atoms with Crippen LogP contribution in [0.5, 0.6) is 0 Å². The van der Waals surface area contributed by atoms with Crippen LogP contribution in [0.1, 0.15) is 20.0 Å². The molecule has 0 N–H and O–H groups in total. The van der Waals surface area contributed by atoms with Crippen LogP contribution in [0.15, 0.2) is 54.6 Å². The number of halogens is 3. The zero-order chi connectivity index (χ0) is 18.7. The van der Waals surface area contributed by atoms with Crippen molar-refractivity contribution in [1.82, 2.24) is 0 Å². The molecule has 0 fully saturated rings. The van der Waals surface area contributed by atoms with E-state index in [1.54, 1.807) is 24.3 Å². The van der Waals surface area contributed by atoms with Crippen LogP contribution in [0.2, 0.25) is 0 Å². The van der Waals surface area contributed by atoms with E-state index in [9.17, 15) is 22.8 Å². The van der Waals surface area contributed by atoms with Crippen molar-refractivity contribution in [2.75, 3.05) is 6.61 Å². The molecule has 0 atom stereocenters. The Morgan fingerprint density at radius 3 is 2.46 bits per heavy atom. The molecule has 0 bridgehead atoms. The Bertz CT molecular complexity index is 982. The van der Waals surface area contributed by atoms with Gasteiger partial charge in [0.25, 0.3) is 0 Å². The van der Waals surface area contributed by atoms with Gasteiger partial charge >= 0.3 is 5.97 Å². The first-order chi connectivity index (χ1) is 12.5. The second-order valence-electron chi connectivity index (χ2n) is 5.27. The summed E-state index contributed by atoms with van der Waals surface area (Å²) in [7, 11) is 0. The topological polar surface area (TPSA) is 43.4 Å². The molecule has 3 nitrogen and oxygen atoms in total. The van der Waals surface area contributed by atoms with Crippen molar-refractivity contribution in [1.29, 1.82) is 0 Å². The molecular formula is C19H11F3O3S. The maximum absolute atomic E-state index is 13.8. The zero-order valence-corrected chi connectivity index (χ0v) is 14.0. The van der Waals surface area contributed by atoms with Crippen LogP contribution >= 0.6 is 11.3 Å². The van der Waals surface area contributed by atoms with Crippen molar-refractivity contribution < 1.29 is 27.5 Å². The number of ketones is 1. The van der Waals surface area contributed by atoms with E-state index < -0.39 is 41.4 Å². The van der Waals surface area contributed by atoms with Crippen LogP contribution in [0.25, 0.3) is 10.4 Å². The van der Waals surface area contributed by atoms with E-state index in [-0.39, 0.29) is 4.88 Å². The monoisotopic (exact) mass is 376 g/mol. The van der Waals surface area contributed by atoms with Crippen LogP contribution in [0, 0.1) is 17.5 Å². The van der Waals surface area contributed by atoms with Gasteiger partial charge < -0.3 is 4.74 Å². The number of rotatable bonds is 5. The van der Waals surface area contributed by atoms with Crippen molar-refractivity contribution in [3.05, 3.63) is 82.5 Å². The van der Waals surface area contributed by atoms with Gasteiger partial charge in [-0.25, -0.2) is 18.0 Å². The minimum atomic E-state index is -0.898. The first-order valence-corrected chi connectivity index (χ1v) is 8.27. The third-order valence-electron chi connectivity index (χ3n) is 3.51. The summed E-state index contributed by atoms with van der Waals surface area (Å²) in [5, 5.41) is 0. The van der Waals surface area contributed by atoms with Crippen LogP contribution < -0.4 is 0 Å². The van der Waals surface area contributed by atoms with Gasteiger partial charge in [-0.2, -0.15) is 0 Å². The maximum atomic E-state index is 13.8. The minimum Gasteiger partial charge on any atom is -0.453 e. The van der Waals surface area contributed by atoms with Crippen molar-refractivity contribution in [2.45, 2.75) is 0 Å². The Kier molecular flexibility index (Phi) is 5.18. The van der Waals surface area contributed by atoms with Gasteiger partial charge in [0.2, 0.25) is 5.78 Å². The fourth-order valence-electron chi connectivity index (χ4n) is 2.24. The molecule has 0 spiro atoms. The van der Waals surface area contributed by atoms with Crippen molar-refractivity contribution >= 4 is 23.1 Å². The quantitative estimate of drug-likeness (QED) is 0.471. The van der Waals surface area contributed by atoms with Gasteiger partial charge in [0, 0.05) is 10.4 Å². The number of thiophene rings is 1. The lowest BCUT2D eigenvalue weighted by Gasteiger charge is -2.04. The molecule has 0 unspecified atom stereocenters. The van der Waals surface area contributed by atoms with E-state index in [1.807, 2.05) is 0 Å². The lowest BCUT2D eigenvalue weighted by Crippen LogP contribution is -2.15. The molecule has 3 aromatic rings. The third-order valence-corrected chi connectivity index (χ3v) is 4.61. The number of esters is 1. The van der Waals surface area contributed by atoms with Gasteiger partial charge in [-0.15, -0.1) is 11.3 Å². The van der Waals surface area contributed by atoms with Gasteiger partial charge in [0.15, 0.2) is 6.61 Å². The normalized spacial score (nSPS) is 10.6. The van der Waals surface area contributed by atoms with Gasteiger partial charge in [0.05, 0.1) is 5.56 Å². The highest BCUT2D eigenvalue weighted by Crippen LogP contribution is 2.30. The molecule has 0 aliphatic carbocycles. The number of hydrogen-bond donors (Lipinski definition) is 0. The molecular weight excluding hydrogens is 365 g/mol. The molecule has 132 valence electrons. The lowest BCUT2D eigenvalue weighted by atomic mass is 10.1. The standard InChI is InChI=1S/C19H11F3O3S/c20-11-5-6-15(22)13(9-11)16(23)10-25-19(24)18-8-7-17(26-18)12-3-1-2-4-14(12)21/h1-9H,10H2. The fraction of sp³-hybridized carbons (Fsp3) is 0.0526. The van der Waals surface area contributed by atoms with Gasteiger partial charge in [0.1, 0.15) is 22.3 Å². The number of carbonyl (C=O) groups is 2. The lowest BCUT2D eigenvalue weighted by molar-refractivity contribution is 0.0478. The molecule has 0 amide bonds. The summed E-state index contributed by atoms with van der Waals surface area (Å²) in [6.07, 6.45) is 0. The van der Waals surface area contributed by atoms with E-state index in [0.29, 0.717) is 10.4 Å². The second-order valence-corrected chi connectivity index (χ2v) is 6.35. The minimum absolute atomic E-state index is 0.163. The van der Waals surface area contributed by atoms with Gasteiger partial charge in [-0.3, -0.25) is 4.79 Å². The van der Waals surface area contributed by atoms with Crippen LogP contribution in [-0.4, -0.2) is 18.4 Å². The summed E-state index contributed by atoms with van der Waals surface area (Å²) >= 11 is 1.00. The van der Waals surface area contributed by atoms with Gasteiger partial charge in [-0.05, 0) is 36.4 Å². The summed E-state index contributed by atoms with van der Waals surface area (Å²) < 4.78 is 45.3. The SMILES string of the molecule is O=C(OCC(=O)c1cc(F)ccc1F)c1ccc(-c2ccccc2F)s1. The molecule has 0 aliphatic rings. The highest BCUT2D eigenvalue weighted by molar-refractivity contribution is 7.17. The number of hydrogen-bond acceptors (Lipinski definition) is 4. The van der Waals surface area contributed by atoms with Crippen molar-refractivity contribution in [2.24, 2.45) is 0 Å². The molecule has 1 heterocycles. The summed E-state index contributed by atoms with van der Waals surface area (Å²) in [5.41, 5.74) is -0.148. The van der Waals surface area contributed by atoms with Crippen LogP contribution in [0.4, 0.5) is 13.2 Å².